The number of nitrogens with zero attached hydrogens (tertiary/aromatic N) is 1. The summed E-state index contributed by atoms with van der Waals surface area (Å²) in [5, 5.41) is 0. The standard InChI is InChI=1S/C7H3F4NO/c8-5-1-4(3-13)6(12-2-5)7(9,10)11/h1-3H. The fourth-order valence-electron chi connectivity index (χ4n) is 0.782. The van der Waals surface area contributed by atoms with Gasteiger partial charge in [-0.2, -0.15) is 13.2 Å². The van der Waals surface area contributed by atoms with Gasteiger partial charge in [-0.3, -0.25) is 4.79 Å². The molecule has 0 amide bonds. The second-order valence-corrected chi connectivity index (χ2v) is 2.21. The normalized spacial score (nSPS) is 11.4. The summed E-state index contributed by atoms with van der Waals surface area (Å²) < 4.78 is 48.4. The number of carbonyl (C=O) groups is 1. The van der Waals surface area contributed by atoms with Crippen LogP contribution in [0.4, 0.5) is 17.6 Å². The van der Waals surface area contributed by atoms with Crippen LogP contribution in [0, 0.1) is 5.82 Å². The second kappa shape index (κ2) is 3.12. The summed E-state index contributed by atoms with van der Waals surface area (Å²) in [6.07, 6.45) is -4.40. The van der Waals surface area contributed by atoms with Crippen molar-refractivity contribution in [2.24, 2.45) is 0 Å². The predicted octanol–water partition coefficient (Wildman–Crippen LogP) is 2.05. The summed E-state index contributed by atoms with van der Waals surface area (Å²) >= 11 is 0. The molecule has 0 aromatic carbocycles. The van der Waals surface area contributed by atoms with E-state index in [1.165, 1.54) is 0 Å². The van der Waals surface area contributed by atoms with Crippen molar-refractivity contribution in [2.45, 2.75) is 6.18 Å². The van der Waals surface area contributed by atoms with Crippen LogP contribution in [0.5, 0.6) is 0 Å². The molecule has 0 fully saturated rings. The number of hydrogen-bond donors (Lipinski definition) is 0. The molecule has 1 aromatic heterocycles. The van der Waals surface area contributed by atoms with E-state index >= 15 is 0 Å². The van der Waals surface area contributed by atoms with Crippen molar-refractivity contribution < 1.29 is 22.4 Å². The molecule has 0 spiro atoms. The molecule has 1 aromatic rings. The van der Waals surface area contributed by atoms with E-state index in [1.807, 2.05) is 0 Å². The lowest BCUT2D eigenvalue weighted by Crippen LogP contribution is -2.11. The SMILES string of the molecule is O=Cc1cc(F)cnc1C(F)(F)F. The molecule has 0 N–H and O–H groups in total. The highest BCUT2D eigenvalue weighted by Gasteiger charge is 2.35. The van der Waals surface area contributed by atoms with Gasteiger partial charge in [0.05, 0.1) is 6.20 Å². The van der Waals surface area contributed by atoms with Crippen molar-refractivity contribution in [1.29, 1.82) is 0 Å². The molecule has 70 valence electrons. The lowest BCUT2D eigenvalue weighted by atomic mass is 10.2. The van der Waals surface area contributed by atoms with E-state index in [1.54, 1.807) is 0 Å². The first-order chi connectivity index (χ1) is 5.95. The molecule has 0 aliphatic heterocycles. The van der Waals surface area contributed by atoms with Crippen LogP contribution in [-0.4, -0.2) is 11.3 Å². The van der Waals surface area contributed by atoms with Crippen molar-refractivity contribution in [1.82, 2.24) is 4.98 Å². The third-order valence-electron chi connectivity index (χ3n) is 1.28. The summed E-state index contributed by atoms with van der Waals surface area (Å²) in [4.78, 5) is 12.9. The Morgan fingerprint density at radius 1 is 1.38 bits per heavy atom. The minimum absolute atomic E-state index is 0.0844. The number of alkyl halides is 3. The highest BCUT2D eigenvalue weighted by molar-refractivity contribution is 5.76. The Kier molecular flexibility index (Phi) is 2.31. The van der Waals surface area contributed by atoms with Crippen LogP contribution in [0.15, 0.2) is 12.3 Å². The molecule has 0 radical (unpaired) electrons. The van der Waals surface area contributed by atoms with E-state index in [2.05, 4.69) is 4.98 Å². The fourth-order valence-corrected chi connectivity index (χ4v) is 0.782. The number of aldehydes is 1. The van der Waals surface area contributed by atoms with Gasteiger partial charge in [0.25, 0.3) is 0 Å². The molecule has 2 nitrogen and oxygen atoms in total. The molecule has 13 heavy (non-hydrogen) atoms. The number of pyridine rings is 1. The van der Waals surface area contributed by atoms with E-state index in [9.17, 15) is 22.4 Å². The highest BCUT2D eigenvalue weighted by atomic mass is 19.4. The lowest BCUT2D eigenvalue weighted by Gasteiger charge is -2.06. The number of halogens is 4. The average molecular weight is 193 g/mol. The number of hydrogen-bond acceptors (Lipinski definition) is 2. The molecule has 0 bridgehead atoms. The minimum Gasteiger partial charge on any atom is -0.298 e. The van der Waals surface area contributed by atoms with Gasteiger partial charge < -0.3 is 0 Å². The molecule has 1 rings (SSSR count). The molecule has 0 aliphatic rings. The maximum atomic E-state index is 12.3. The Bertz CT molecular complexity index is 334. The first-order valence-corrected chi connectivity index (χ1v) is 3.13. The van der Waals surface area contributed by atoms with Crippen LogP contribution < -0.4 is 0 Å². The zero-order chi connectivity index (χ0) is 10.1. The summed E-state index contributed by atoms with van der Waals surface area (Å²) in [6, 6.07) is 0.489. The predicted molar refractivity (Wildman–Crippen MR) is 34.6 cm³/mol. The Hall–Kier alpha value is -1.46. The van der Waals surface area contributed by atoms with Crippen molar-refractivity contribution in [3.05, 3.63) is 29.3 Å². The Balaban J connectivity index is 3.29. The molecular formula is C7H3F4NO. The molecule has 6 heteroatoms. The van der Waals surface area contributed by atoms with Crippen molar-refractivity contribution in [3.63, 3.8) is 0 Å². The third-order valence-corrected chi connectivity index (χ3v) is 1.28. The van der Waals surface area contributed by atoms with Crippen LogP contribution in [0.3, 0.4) is 0 Å². The van der Waals surface area contributed by atoms with Gasteiger partial charge in [0.15, 0.2) is 12.0 Å². The van der Waals surface area contributed by atoms with Crippen LogP contribution in [0.2, 0.25) is 0 Å². The van der Waals surface area contributed by atoms with E-state index in [4.69, 9.17) is 0 Å². The van der Waals surface area contributed by atoms with Crippen LogP contribution in [0.25, 0.3) is 0 Å². The molecule has 0 aliphatic carbocycles. The van der Waals surface area contributed by atoms with E-state index in [0.29, 0.717) is 12.3 Å². The summed E-state index contributed by atoms with van der Waals surface area (Å²) in [7, 11) is 0. The fraction of sp³-hybridized carbons (Fsp3) is 0.143. The first kappa shape index (κ1) is 9.63. The number of aromatic nitrogens is 1. The van der Waals surface area contributed by atoms with E-state index in [-0.39, 0.29) is 6.29 Å². The molecular weight excluding hydrogens is 190 g/mol. The van der Waals surface area contributed by atoms with Gasteiger partial charge in [-0.15, -0.1) is 0 Å². The second-order valence-electron chi connectivity index (χ2n) is 2.21. The first-order valence-electron chi connectivity index (χ1n) is 3.13. The van der Waals surface area contributed by atoms with Gasteiger partial charge in [0, 0.05) is 5.56 Å². The van der Waals surface area contributed by atoms with Gasteiger partial charge in [0.1, 0.15) is 5.82 Å². The molecule has 0 unspecified atom stereocenters. The highest BCUT2D eigenvalue weighted by Crippen LogP contribution is 2.29. The van der Waals surface area contributed by atoms with Crippen molar-refractivity contribution in [3.8, 4) is 0 Å². The van der Waals surface area contributed by atoms with Crippen LogP contribution in [-0.2, 0) is 6.18 Å². The smallest absolute Gasteiger partial charge is 0.298 e. The Labute approximate surface area is 70.2 Å². The average Bonchev–Trinajstić information content (AvgIpc) is 2.01. The van der Waals surface area contributed by atoms with Crippen LogP contribution >= 0.6 is 0 Å². The summed E-state index contributed by atoms with van der Waals surface area (Å²) in [5.41, 5.74) is -2.17. The van der Waals surface area contributed by atoms with Gasteiger partial charge in [-0.25, -0.2) is 9.37 Å². The molecule has 0 atom stereocenters. The molecule has 0 saturated carbocycles. The number of carbonyl (C=O) groups excluding carboxylic acids is 1. The summed E-state index contributed by atoms with van der Waals surface area (Å²) in [6.45, 7) is 0. The zero-order valence-electron chi connectivity index (χ0n) is 6.10. The maximum absolute atomic E-state index is 12.3. The van der Waals surface area contributed by atoms with Crippen LogP contribution in [0.1, 0.15) is 16.1 Å². The van der Waals surface area contributed by atoms with Crippen molar-refractivity contribution >= 4 is 6.29 Å². The van der Waals surface area contributed by atoms with Gasteiger partial charge in [0.2, 0.25) is 0 Å². The van der Waals surface area contributed by atoms with E-state index in [0.717, 1.165) is 0 Å². The quantitative estimate of drug-likeness (QED) is 0.504. The maximum Gasteiger partial charge on any atom is 0.434 e. The lowest BCUT2D eigenvalue weighted by molar-refractivity contribution is -0.141. The molecule has 0 saturated heterocycles. The third kappa shape index (κ3) is 2.01. The van der Waals surface area contributed by atoms with E-state index < -0.39 is 23.3 Å². The molecule has 1 heterocycles. The van der Waals surface area contributed by atoms with Gasteiger partial charge in [-0.1, -0.05) is 0 Å². The minimum atomic E-state index is -4.73. The van der Waals surface area contributed by atoms with Gasteiger partial charge in [-0.05, 0) is 6.07 Å². The Morgan fingerprint density at radius 3 is 2.46 bits per heavy atom. The Morgan fingerprint density at radius 2 is 2.00 bits per heavy atom. The topological polar surface area (TPSA) is 30.0 Å². The monoisotopic (exact) mass is 193 g/mol. The largest absolute Gasteiger partial charge is 0.434 e. The van der Waals surface area contributed by atoms with Crippen molar-refractivity contribution in [2.75, 3.05) is 0 Å². The number of rotatable bonds is 1. The summed E-state index contributed by atoms with van der Waals surface area (Å²) in [5.74, 6) is -0.977. The van der Waals surface area contributed by atoms with Gasteiger partial charge >= 0.3 is 6.18 Å². The zero-order valence-corrected chi connectivity index (χ0v) is 6.10.